The fourth-order valence-corrected chi connectivity index (χ4v) is 2.42. The Bertz CT molecular complexity index is 616. The average Bonchev–Trinajstić information content (AvgIpc) is 2.47. The first-order valence-corrected chi connectivity index (χ1v) is 7.76. The summed E-state index contributed by atoms with van der Waals surface area (Å²) in [7, 11) is 0. The van der Waals surface area contributed by atoms with Gasteiger partial charge < -0.3 is 10.6 Å². The molecule has 0 saturated heterocycles. The summed E-state index contributed by atoms with van der Waals surface area (Å²) in [5.74, 6) is -0.0841. The molecule has 0 aliphatic heterocycles. The molecule has 1 atom stereocenters. The molecule has 110 valence electrons. The molecule has 2 aromatic carbocycles. The number of hydrogen-bond donors (Lipinski definition) is 2. The van der Waals surface area contributed by atoms with E-state index in [1.807, 2.05) is 31.2 Å². The van der Waals surface area contributed by atoms with E-state index in [-0.39, 0.29) is 18.5 Å². The summed E-state index contributed by atoms with van der Waals surface area (Å²) in [5, 5.41) is 6.66. The van der Waals surface area contributed by atoms with E-state index in [0.29, 0.717) is 5.02 Å². The van der Waals surface area contributed by atoms with Crippen molar-refractivity contribution < 1.29 is 4.79 Å². The van der Waals surface area contributed by atoms with Crippen molar-refractivity contribution in [2.45, 2.75) is 13.0 Å². The van der Waals surface area contributed by atoms with Gasteiger partial charge in [0.2, 0.25) is 5.91 Å². The van der Waals surface area contributed by atoms with Gasteiger partial charge in [0, 0.05) is 21.2 Å². The Morgan fingerprint density at radius 2 is 1.95 bits per heavy atom. The molecule has 0 fully saturated rings. The summed E-state index contributed by atoms with van der Waals surface area (Å²) in [5.41, 5.74) is 1.87. The Kier molecular flexibility index (Phi) is 5.79. The topological polar surface area (TPSA) is 41.1 Å². The Hall–Kier alpha value is -1.36. The second-order valence-electron chi connectivity index (χ2n) is 4.71. The van der Waals surface area contributed by atoms with Crippen LogP contribution in [0.15, 0.2) is 53.0 Å². The molecule has 2 N–H and O–H groups in total. The van der Waals surface area contributed by atoms with Crippen molar-refractivity contribution in [2.24, 2.45) is 0 Å². The third-order valence-electron chi connectivity index (χ3n) is 3.05. The van der Waals surface area contributed by atoms with E-state index in [4.69, 9.17) is 11.6 Å². The Balaban J connectivity index is 1.84. The molecule has 0 saturated carbocycles. The number of halogens is 2. The molecular weight excluding hydrogens is 352 g/mol. The summed E-state index contributed by atoms with van der Waals surface area (Å²) in [6.45, 7) is 2.27. The van der Waals surface area contributed by atoms with Crippen molar-refractivity contribution in [1.82, 2.24) is 5.32 Å². The minimum Gasteiger partial charge on any atom is -0.325 e. The summed E-state index contributed by atoms with van der Waals surface area (Å²) in [4.78, 5) is 11.9. The van der Waals surface area contributed by atoms with Crippen LogP contribution in [0.1, 0.15) is 18.5 Å². The summed E-state index contributed by atoms with van der Waals surface area (Å²) in [6, 6.07) is 15.2. The van der Waals surface area contributed by atoms with E-state index < -0.39 is 0 Å². The van der Waals surface area contributed by atoms with Crippen LogP contribution in [-0.4, -0.2) is 12.5 Å². The zero-order valence-corrected chi connectivity index (χ0v) is 13.9. The number of carbonyl (C=O) groups excluding carboxylic acids is 1. The minimum absolute atomic E-state index is 0.0841. The van der Waals surface area contributed by atoms with Crippen molar-refractivity contribution in [3.05, 3.63) is 63.6 Å². The molecule has 0 aromatic heterocycles. The number of anilines is 1. The standard InChI is InChI=1S/C16H16BrClN2O/c1-11(12-3-2-4-13(17)9-12)19-10-16(21)20-15-7-5-14(18)6-8-15/h2-9,11,19H,10H2,1H3,(H,20,21)/t11-/m1/s1. The molecule has 2 rings (SSSR count). The van der Waals surface area contributed by atoms with E-state index in [9.17, 15) is 4.79 Å². The van der Waals surface area contributed by atoms with Crippen molar-refractivity contribution >= 4 is 39.1 Å². The number of amides is 1. The van der Waals surface area contributed by atoms with Gasteiger partial charge in [-0.05, 0) is 48.9 Å². The maximum Gasteiger partial charge on any atom is 0.238 e. The normalized spacial score (nSPS) is 12.0. The zero-order chi connectivity index (χ0) is 15.2. The van der Waals surface area contributed by atoms with Crippen molar-refractivity contribution in [2.75, 3.05) is 11.9 Å². The summed E-state index contributed by atoms with van der Waals surface area (Å²) in [6.07, 6.45) is 0. The van der Waals surface area contributed by atoms with Crippen LogP contribution < -0.4 is 10.6 Å². The smallest absolute Gasteiger partial charge is 0.238 e. The first kappa shape index (κ1) is 16.0. The second-order valence-corrected chi connectivity index (χ2v) is 6.06. The molecule has 1 amide bonds. The molecule has 0 heterocycles. The largest absolute Gasteiger partial charge is 0.325 e. The van der Waals surface area contributed by atoms with E-state index >= 15 is 0 Å². The molecule has 3 nitrogen and oxygen atoms in total. The lowest BCUT2D eigenvalue weighted by Gasteiger charge is -2.14. The van der Waals surface area contributed by atoms with Crippen LogP contribution in [0.2, 0.25) is 5.02 Å². The number of rotatable bonds is 5. The van der Waals surface area contributed by atoms with Gasteiger partial charge in [0.1, 0.15) is 0 Å². The van der Waals surface area contributed by atoms with E-state index in [1.54, 1.807) is 24.3 Å². The SMILES string of the molecule is C[C@@H](NCC(=O)Nc1ccc(Cl)cc1)c1cccc(Br)c1. The molecule has 0 radical (unpaired) electrons. The van der Waals surface area contributed by atoms with E-state index in [2.05, 4.69) is 26.6 Å². The predicted molar refractivity (Wildman–Crippen MR) is 90.6 cm³/mol. The van der Waals surface area contributed by atoms with Crippen LogP contribution in [0.25, 0.3) is 0 Å². The molecule has 0 bridgehead atoms. The number of benzene rings is 2. The molecule has 0 aliphatic carbocycles. The fourth-order valence-electron chi connectivity index (χ4n) is 1.88. The molecule has 0 aliphatic rings. The van der Waals surface area contributed by atoms with E-state index in [1.165, 1.54) is 0 Å². The van der Waals surface area contributed by atoms with Crippen molar-refractivity contribution in [3.8, 4) is 0 Å². The van der Waals surface area contributed by atoms with Gasteiger partial charge in [-0.3, -0.25) is 4.79 Å². The quantitative estimate of drug-likeness (QED) is 0.823. The van der Waals surface area contributed by atoms with Crippen LogP contribution in [-0.2, 0) is 4.79 Å². The Morgan fingerprint density at radius 3 is 2.62 bits per heavy atom. The highest BCUT2D eigenvalue weighted by molar-refractivity contribution is 9.10. The van der Waals surface area contributed by atoms with Gasteiger partial charge in [-0.25, -0.2) is 0 Å². The lowest BCUT2D eigenvalue weighted by atomic mass is 10.1. The molecule has 21 heavy (non-hydrogen) atoms. The van der Waals surface area contributed by atoms with Gasteiger partial charge in [-0.2, -0.15) is 0 Å². The lowest BCUT2D eigenvalue weighted by molar-refractivity contribution is -0.115. The van der Waals surface area contributed by atoms with Gasteiger partial charge in [-0.15, -0.1) is 0 Å². The highest BCUT2D eigenvalue weighted by Gasteiger charge is 2.08. The van der Waals surface area contributed by atoms with Crippen molar-refractivity contribution in [1.29, 1.82) is 0 Å². The van der Waals surface area contributed by atoms with E-state index in [0.717, 1.165) is 15.7 Å². The van der Waals surface area contributed by atoms with Gasteiger partial charge in [-0.1, -0.05) is 39.7 Å². The summed E-state index contributed by atoms with van der Waals surface area (Å²) < 4.78 is 1.03. The van der Waals surface area contributed by atoms with Gasteiger partial charge >= 0.3 is 0 Å². The number of carbonyl (C=O) groups is 1. The molecular formula is C16H16BrClN2O. The van der Waals surface area contributed by atoms with Crippen LogP contribution in [0, 0.1) is 0 Å². The van der Waals surface area contributed by atoms with Crippen LogP contribution in [0.3, 0.4) is 0 Å². The van der Waals surface area contributed by atoms with Gasteiger partial charge in [0.05, 0.1) is 6.54 Å². The first-order chi connectivity index (χ1) is 10.0. The Morgan fingerprint density at radius 1 is 1.24 bits per heavy atom. The molecule has 5 heteroatoms. The number of nitrogens with one attached hydrogen (secondary N) is 2. The third-order valence-corrected chi connectivity index (χ3v) is 3.79. The lowest BCUT2D eigenvalue weighted by Crippen LogP contribution is -2.30. The molecule has 0 spiro atoms. The highest BCUT2D eigenvalue weighted by atomic mass is 79.9. The maximum absolute atomic E-state index is 11.9. The monoisotopic (exact) mass is 366 g/mol. The molecule has 0 unspecified atom stereocenters. The first-order valence-electron chi connectivity index (χ1n) is 6.59. The van der Waals surface area contributed by atoms with Crippen molar-refractivity contribution in [3.63, 3.8) is 0 Å². The summed E-state index contributed by atoms with van der Waals surface area (Å²) >= 11 is 9.25. The Labute approximate surface area is 137 Å². The zero-order valence-electron chi connectivity index (χ0n) is 11.6. The minimum atomic E-state index is -0.0841. The van der Waals surface area contributed by atoms with Gasteiger partial charge in [0.15, 0.2) is 0 Å². The maximum atomic E-state index is 11.9. The predicted octanol–water partition coefficient (Wildman–Crippen LogP) is 4.39. The highest BCUT2D eigenvalue weighted by Crippen LogP contribution is 2.17. The fraction of sp³-hybridized carbons (Fsp3) is 0.188. The second kappa shape index (κ2) is 7.59. The van der Waals surface area contributed by atoms with Crippen LogP contribution in [0.5, 0.6) is 0 Å². The van der Waals surface area contributed by atoms with Crippen LogP contribution >= 0.6 is 27.5 Å². The number of hydrogen-bond acceptors (Lipinski definition) is 2. The third kappa shape index (κ3) is 5.16. The molecule has 2 aromatic rings. The average molecular weight is 368 g/mol. The van der Waals surface area contributed by atoms with Crippen LogP contribution in [0.4, 0.5) is 5.69 Å². The van der Waals surface area contributed by atoms with Gasteiger partial charge in [0.25, 0.3) is 0 Å².